The molecule has 0 nitrogen and oxygen atoms in total. The van der Waals surface area contributed by atoms with Crippen molar-refractivity contribution >= 4 is 55.5 Å². The Labute approximate surface area is 127 Å². The van der Waals surface area contributed by atoms with Crippen molar-refractivity contribution in [1.29, 1.82) is 0 Å². The zero-order valence-corrected chi connectivity index (χ0v) is 12.3. The van der Waals surface area contributed by atoms with Crippen LogP contribution in [0, 0.1) is 0 Å². The Bertz CT molecular complexity index is 848. The third-order valence-electron chi connectivity index (χ3n) is 4.13. The van der Waals surface area contributed by atoms with Crippen LogP contribution in [0.15, 0.2) is 48.5 Å². The monoisotopic (exact) mass is 298 g/mol. The summed E-state index contributed by atoms with van der Waals surface area (Å²) >= 11 is 12.2. The number of benzene rings is 4. The molecule has 0 aliphatic rings. The van der Waals surface area contributed by atoms with Crippen LogP contribution in [-0.4, -0.2) is 0 Å². The van der Waals surface area contributed by atoms with Gasteiger partial charge >= 0.3 is 0 Å². The smallest absolute Gasteiger partial charge is 0.0480 e. The van der Waals surface area contributed by atoms with Gasteiger partial charge in [-0.05, 0) is 43.4 Å². The van der Waals surface area contributed by atoms with Crippen LogP contribution >= 0.6 is 23.2 Å². The number of hydrogen-bond donors (Lipinski definition) is 0. The quantitative estimate of drug-likeness (QED) is 0.311. The Kier molecular flexibility index (Phi) is 2.76. The van der Waals surface area contributed by atoms with E-state index in [2.05, 4.69) is 48.5 Å². The molecular formula is C18H12Cl2. The second kappa shape index (κ2) is 4.51. The van der Waals surface area contributed by atoms with Gasteiger partial charge in [0.1, 0.15) is 0 Å². The van der Waals surface area contributed by atoms with E-state index in [-0.39, 0.29) is 0 Å². The van der Waals surface area contributed by atoms with E-state index < -0.39 is 0 Å². The van der Waals surface area contributed by atoms with Crippen LogP contribution in [0.25, 0.3) is 32.3 Å². The lowest BCUT2D eigenvalue weighted by Gasteiger charge is -2.14. The van der Waals surface area contributed by atoms with Crippen LogP contribution in [0.1, 0.15) is 11.1 Å². The molecule has 0 amide bonds. The summed E-state index contributed by atoms with van der Waals surface area (Å²) in [4.78, 5) is 0. The molecule has 0 fully saturated rings. The zero-order chi connectivity index (χ0) is 13.7. The predicted molar refractivity (Wildman–Crippen MR) is 89.3 cm³/mol. The lowest BCUT2D eigenvalue weighted by Crippen LogP contribution is -1.90. The van der Waals surface area contributed by atoms with Gasteiger partial charge in [-0.1, -0.05) is 48.5 Å². The maximum atomic E-state index is 6.09. The average Bonchev–Trinajstić information content (AvgIpc) is 2.52. The summed E-state index contributed by atoms with van der Waals surface area (Å²) in [7, 11) is 0. The maximum absolute atomic E-state index is 6.09. The van der Waals surface area contributed by atoms with Crippen molar-refractivity contribution in [2.45, 2.75) is 11.8 Å². The van der Waals surface area contributed by atoms with Gasteiger partial charge in [-0.15, -0.1) is 23.2 Å². The third kappa shape index (κ3) is 1.55. The molecule has 0 radical (unpaired) electrons. The van der Waals surface area contributed by atoms with Gasteiger partial charge in [0.25, 0.3) is 0 Å². The molecular weight excluding hydrogens is 287 g/mol. The summed E-state index contributed by atoms with van der Waals surface area (Å²) in [6.07, 6.45) is 0. The largest absolute Gasteiger partial charge is 0.122 e. The molecule has 2 heteroatoms. The van der Waals surface area contributed by atoms with Gasteiger partial charge in [0, 0.05) is 11.8 Å². The molecule has 0 saturated carbocycles. The van der Waals surface area contributed by atoms with Crippen LogP contribution in [0.3, 0.4) is 0 Å². The first-order chi connectivity index (χ1) is 9.83. The first-order valence-electron chi connectivity index (χ1n) is 6.63. The van der Waals surface area contributed by atoms with Crippen LogP contribution < -0.4 is 0 Å². The molecule has 4 aromatic rings. The highest BCUT2D eigenvalue weighted by Crippen LogP contribution is 2.37. The number of alkyl halides is 2. The Hall–Kier alpha value is -1.50. The topological polar surface area (TPSA) is 0 Å². The molecule has 0 saturated heterocycles. The fourth-order valence-electron chi connectivity index (χ4n) is 3.15. The van der Waals surface area contributed by atoms with E-state index in [1.54, 1.807) is 0 Å². The second-order valence-electron chi connectivity index (χ2n) is 5.14. The number of rotatable bonds is 2. The van der Waals surface area contributed by atoms with Crippen LogP contribution in [0.5, 0.6) is 0 Å². The van der Waals surface area contributed by atoms with Crippen molar-refractivity contribution in [2.75, 3.05) is 0 Å². The van der Waals surface area contributed by atoms with E-state index >= 15 is 0 Å². The molecule has 0 N–H and O–H groups in total. The molecule has 98 valence electrons. The minimum atomic E-state index is 0.538. The molecule has 0 heterocycles. The maximum Gasteiger partial charge on any atom is 0.0480 e. The summed E-state index contributed by atoms with van der Waals surface area (Å²) < 4.78 is 0. The van der Waals surface area contributed by atoms with Crippen molar-refractivity contribution in [3.05, 3.63) is 59.7 Å². The van der Waals surface area contributed by atoms with Crippen molar-refractivity contribution in [3.8, 4) is 0 Å². The fraction of sp³-hybridized carbons (Fsp3) is 0.111. The standard InChI is InChI=1S/C18H12Cl2/c19-9-13-5-3-11-1-2-12-4-6-14(10-20)16-8-7-15(13)17(11)18(12)16/h1-8H,9-10H2. The van der Waals surface area contributed by atoms with E-state index in [0.717, 1.165) is 0 Å². The molecule has 0 spiro atoms. The molecule has 0 atom stereocenters. The Morgan fingerprint density at radius 1 is 0.550 bits per heavy atom. The first kappa shape index (κ1) is 12.3. The van der Waals surface area contributed by atoms with Crippen molar-refractivity contribution in [3.63, 3.8) is 0 Å². The normalized spacial score (nSPS) is 11.9. The van der Waals surface area contributed by atoms with Crippen molar-refractivity contribution in [1.82, 2.24) is 0 Å². The molecule has 0 aliphatic carbocycles. The minimum Gasteiger partial charge on any atom is -0.122 e. The van der Waals surface area contributed by atoms with Crippen molar-refractivity contribution in [2.24, 2.45) is 0 Å². The summed E-state index contributed by atoms with van der Waals surface area (Å²) in [5, 5.41) is 7.65. The van der Waals surface area contributed by atoms with E-state index in [1.165, 1.54) is 43.4 Å². The zero-order valence-electron chi connectivity index (χ0n) is 10.8. The molecule has 4 rings (SSSR count). The van der Waals surface area contributed by atoms with E-state index in [1.807, 2.05) is 0 Å². The number of hydrogen-bond acceptors (Lipinski definition) is 0. The van der Waals surface area contributed by atoms with Crippen LogP contribution in [0.4, 0.5) is 0 Å². The summed E-state index contributed by atoms with van der Waals surface area (Å²) in [5.74, 6) is 1.08. The summed E-state index contributed by atoms with van der Waals surface area (Å²) in [6.45, 7) is 0. The molecule has 0 bridgehead atoms. The van der Waals surface area contributed by atoms with E-state index in [0.29, 0.717) is 11.8 Å². The molecule has 4 aromatic carbocycles. The van der Waals surface area contributed by atoms with Gasteiger partial charge < -0.3 is 0 Å². The minimum absolute atomic E-state index is 0.538. The SMILES string of the molecule is ClCc1ccc2ccc3ccc(CCl)c4ccc1c2c34. The summed E-state index contributed by atoms with van der Waals surface area (Å²) in [5.41, 5.74) is 2.37. The van der Waals surface area contributed by atoms with Gasteiger partial charge in [-0.3, -0.25) is 0 Å². The molecule has 20 heavy (non-hydrogen) atoms. The molecule has 0 unspecified atom stereocenters. The second-order valence-corrected chi connectivity index (χ2v) is 5.67. The lowest BCUT2D eigenvalue weighted by atomic mass is 9.90. The highest BCUT2D eigenvalue weighted by atomic mass is 35.5. The van der Waals surface area contributed by atoms with Gasteiger partial charge in [0.2, 0.25) is 0 Å². The Morgan fingerprint density at radius 3 is 1.35 bits per heavy atom. The van der Waals surface area contributed by atoms with Crippen LogP contribution in [0.2, 0.25) is 0 Å². The van der Waals surface area contributed by atoms with E-state index in [9.17, 15) is 0 Å². The first-order valence-corrected chi connectivity index (χ1v) is 7.70. The van der Waals surface area contributed by atoms with Crippen LogP contribution in [-0.2, 0) is 11.8 Å². The highest BCUT2D eigenvalue weighted by molar-refractivity contribution is 6.26. The van der Waals surface area contributed by atoms with E-state index in [4.69, 9.17) is 23.2 Å². The molecule has 0 aromatic heterocycles. The van der Waals surface area contributed by atoms with Gasteiger partial charge in [-0.25, -0.2) is 0 Å². The van der Waals surface area contributed by atoms with Crippen molar-refractivity contribution < 1.29 is 0 Å². The fourth-order valence-corrected chi connectivity index (χ4v) is 3.62. The molecule has 0 aliphatic heterocycles. The van der Waals surface area contributed by atoms with Gasteiger partial charge in [0.05, 0.1) is 0 Å². The third-order valence-corrected chi connectivity index (χ3v) is 4.71. The van der Waals surface area contributed by atoms with Gasteiger partial charge in [0.15, 0.2) is 0 Å². The Morgan fingerprint density at radius 2 is 0.950 bits per heavy atom. The summed E-state index contributed by atoms with van der Waals surface area (Å²) in [6, 6.07) is 17.3. The number of halogens is 2. The lowest BCUT2D eigenvalue weighted by molar-refractivity contribution is 1.45. The van der Waals surface area contributed by atoms with Gasteiger partial charge in [-0.2, -0.15) is 0 Å². The average molecular weight is 299 g/mol. The predicted octanol–water partition coefficient (Wildman–Crippen LogP) is 6.06. The Balaban J connectivity index is 2.33. The highest BCUT2D eigenvalue weighted by Gasteiger charge is 2.12.